The molecule has 7 heteroatoms. The van der Waals surface area contributed by atoms with Gasteiger partial charge in [0.1, 0.15) is 17.9 Å². The maximum Gasteiger partial charge on any atom is 0.315 e. The van der Waals surface area contributed by atoms with Gasteiger partial charge in [-0.2, -0.15) is 0 Å². The third-order valence-electron chi connectivity index (χ3n) is 6.40. The zero-order valence-corrected chi connectivity index (χ0v) is 20.0. The number of urea groups is 1. The fourth-order valence-corrected chi connectivity index (χ4v) is 4.35. The fourth-order valence-electron chi connectivity index (χ4n) is 4.35. The minimum Gasteiger partial charge on any atom is -0.489 e. The third kappa shape index (κ3) is 6.59. The van der Waals surface area contributed by atoms with Gasteiger partial charge >= 0.3 is 6.03 Å². The SMILES string of the molecule is CC(NC(=O)C1(NC(=O)NCc2ccccc2)CCCC1)c1ccc(OCc2cccnc2)cc1. The zero-order chi connectivity index (χ0) is 24.5. The van der Waals surface area contributed by atoms with Crippen LogP contribution in [0.4, 0.5) is 4.79 Å². The molecule has 0 spiro atoms. The average Bonchev–Trinajstić information content (AvgIpc) is 3.37. The number of pyridine rings is 1. The Morgan fingerprint density at radius 2 is 1.69 bits per heavy atom. The van der Waals surface area contributed by atoms with Gasteiger partial charge in [-0.15, -0.1) is 0 Å². The highest BCUT2D eigenvalue weighted by atomic mass is 16.5. The molecule has 1 aliphatic rings. The van der Waals surface area contributed by atoms with E-state index in [0.29, 0.717) is 26.0 Å². The Kier molecular flexibility index (Phi) is 7.98. The van der Waals surface area contributed by atoms with Crippen molar-refractivity contribution in [3.8, 4) is 5.75 Å². The van der Waals surface area contributed by atoms with Crippen LogP contribution in [-0.2, 0) is 17.9 Å². The molecule has 1 aliphatic carbocycles. The molecule has 1 saturated carbocycles. The van der Waals surface area contributed by atoms with E-state index in [1.54, 1.807) is 12.4 Å². The van der Waals surface area contributed by atoms with Crippen molar-refractivity contribution in [1.82, 2.24) is 20.9 Å². The Hall–Kier alpha value is -3.87. The maximum absolute atomic E-state index is 13.3. The summed E-state index contributed by atoms with van der Waals surface area (Å²) in [4.78, 5) is 30.0. The van der Waals surface area contributed by atoms with Gasteiger partial charge in [-0.25, -0.2) is 4.79 Å². The number of nitrogens with one attached hydrogen (secondary N) is 3. The lowest BCUT2D eigenvalue weighted by Crippen LogP contribution is -2.59. The molecule has 2 aromatic carbocycles. The minimum absolute atomic E-state index is 0.144. The number of benzene rings is 2. The summed E-state index contributed by atoms with van der Waals surface area (Å²) in [6.07, 6.45) is 6.58. The summed E-state index contributed by atoms with van der Waals surface area (Å²) >= 11 is 0. The van der Waals surface area contributed by atoms with E-state index in [0.717, 1.165) is 35.3 Å². The van der Waals surface area contributed by atoms with E-state index < -0.39 is 5.54 Å². The van der Waals surface area contributed by atoms with Crippen molar-refractivity contribution in [2.45, 2.75) is 57.3 Å². The topological polar surface area (TPSA) is 92.4 Å². The van der Waals surface area contributed by atoms with Crippen LogP contribution in [0.15, 0.2) is 79.1 Å². The minimum atomic E-state index is -0.887. The number of carbonyl (C=O) groups is 2. The highest BCUT2D eigenvalue weighted by molar-refractivity contribution is 5.91. The van der Waals surface area contributed by atoms with E-state index in [9.17, 15) is 9.59 Å². The van der Waals surface area contributed by atoms with Crippen molar-refractivity contribution in [3.05, 3.63) is 95.8 Å². The lowest BCUT2D eigenvalue weighted by atomic mass is 9.95. The number of hydrogen-bond acceptors (Lipinski definition) is 4. The van der Waals surface area contributed by atoms with Crippen molar-refractivity contribution in [3.63, 3.8) is 0 Å². The van der Waals surface area contributed by atoms with E-state index in [4.69, 9.17) is 4.74 Å². The second-order valence-electron chi connectivity index (χ2n) is 9.00. The predicted octanol–water partition coefficient (Wildman–Crippen LogP) is 4.65. The van der Waals surface area contributed by atoms with Crippen LogP contribution in [0.2, 0.25) is 0 Å². The predicted molar refractivity (Wildman–Crippen MR) is 135 cm³/mol. The van der Waals surface area contributed by atoms with Gasteiger partial charge in [0.15, 0.2) is 0 Å². The highest BCUT2D eigenvalue weighted by Gasteiger charge is 2.42. The molecule has 4 rings (SSSR count). The molecule has 1 atom stereocenters. The molecular formula is C28H32N4O3. The first-order valence-corrected chi connectivity index (χ1v) is 12.1. The Bertz CT molecular complexity index is 1100. The molecule has 1 aromatic heterocycles. The van der Waals surface area contributed by atoms with Crippen molar-refractivity contribution in [2.24, 2.45) is 0 Å². The van der Waals surface area contributed by atoms with E-state index >= 15 is 0 Å². The molecule has 0 bridgehead atoms. The van der Waals surface area contributed by atoms with Gasteiger partial charge in [0, 0.05) is 24.5 Å². The van der Waals surface area contributed by atoms with Crippen LogP contribution < -0.4 is 20.7 Å². The first kappa shape index (κ1) is 24.3. The normalized spacial score (nSPS) is 15.1. The first-order valence-electron chi connectivity index (χ1n) is 12.1. The van der Waals surface area contributed by atoms with Crippen LogP contribution in [0, 0.1) is 0 Å². The molecule has 182 valence electrons. The number of hydrogen-bond donors (Lipinski definition) is 3. The Balaban J connectivity index is 1.31. The second-order valence-corrected chi connectivity index (χ2v) is 9.00. The number of aromatic nitrogens is 1. The van der Waals surface area contributed by atoms with Gasteiger partial charge in [-0.3, -0.25) is 9.78 Å². The first-order chi connectivity index (χ1) is 17.0. The standard InChI is InChI=1S/C28H32N4O3/c1-21(24-11-13-25(14-12-24)35-20-23-10-7-17-29-18-23)31-26(33)28(15-5-6-16-28)32-27(34)30-19-22-8-3-2-4-9-22/h2-4,7-14,17-18,21H,5-6,15-16,19-20H2,1H3,(H,31,33)(H2,30,32,34). The molecule has 1 fully saturated rings. The quantitative estimate of drug-likeness (QED) is 0.423. The molecule has 0 aliphatic heterocycles. The fraction of sp³-hybridized carbons (Fsp3) is 0.321. The molecule has 0 radical (unpaired) electrons. The number of nitrogens with zero attached hydrogens (tertiary/aromatic N) is 1. The van der Waals surface area contributed by atoms with Crippen LogP contribution in [-0.4, -0.2) is 22.5 Å². The monoisotopic (exact) mass is 472 g/mol. The summed E-state index contributed by atoms with van der Waals surface area (Å²) in [6.45, 7) is 2.80. The third-order valence-corrected chi connectivity index (χ3v) is 6.40. The van der Waals surface area contributed by atoms with Crippen molar-refractivity contribution in [1.29, 1.82) is 0 Å². The van der Waals surface area contributed by atoms with E-state index in [1.807, 2.05) is 73.7 Å². The maximum atomic E-state index is 13.3. The molecule has 3 aromatic rings. The molecule has 1 unspecified atom stereocenters. The lowest BCUT2D eigenvalue weighted by molar-refractivity contribution is -0.127. The molecule has 35 heavy (non-hydrogen) atoms. The summed E-state index contributed by atoms with van der Waals surface area (Å²) in [7, 11) is 0. The van der Waals surface area contributed by atoms with Gasteiger partial charge in [0.05, 0.1) is 6.04 Å². The molecule has 7 nitrogen and oxygen atoms in total. The number of rotatable bonds is 9. The Morgan fingerprint density at radius 3 is 2.37 bits per heavy atom. The summed E-state index contributed by atoms with van der Waals surface area (Å²) in [5.74, 6) is 0.606. The average molecular weight is 473 g/mol. The summed E-state index contributed by atoms with van der Waals surface area (Å²) < 4.78 is 5.82. The van der Waals surface area contributed by atoms with Crippen LogP contribution in [0.25, 0.3) is 0 Å². The van der Waals surface area contributed by atoms with E-state index in [2.05, 4.69) is 20.9 Å². The zero-order valence-electron chi connectivity index (χ0n) is 20.0. The molecule has 3 amide bonds. The Morgan fingerprint density at radius 1 is 0.971 bits per heavy atom. The van der Waals surface area contributed by atoms with Crippen LogP contribution in [0.3, 0.4) is 0 Å². The molecule has 3 N–H and O–H groups in total. The number of carbonyl (C=O) groups excluding carboxylic acids is 2. The Labute approximate surface area is 206 Å². The largest absolute Gasteiger partial charge is 0.489 e. The summed E-state index contributed by atoms with van der Waals surface area (Å²) in [5.41, 5.74) is 2.09. The van der Waals surface area contributed by atoms with Gasteiger partial charge in [0.2, 0.25) is 5.91 Å². The van der Waals surface area contributed by atoms with Gasteiger partial charge in [-0.1, -0.05) is 61.4 Å². The smallest absolute Gasteiger partial charge is 0.315 e. The summed E-state index contributed by atoms with van der Waals surface area (Å²) in [5, 5.41) is 8.95. The van der Waals surface area contributed by atoms with Gasteiger partial charge in [0.25, 0.3) is 0 Å². The molecular weight excluding hydrogens is 440 g/mol. The van der Waals surface area contributed by atoms with Crippen molar-refractivity contribution < 1.29 is 14.3 Å². The number of ether oxygens (including phenoxy) is 1. The van der Waals surface area contributed by atoms with E-state index in [1.165, 1.54) is 0 Å². The number of amides is 3. The van der Waals surface area contributed by atoms with Crippen LogP contribution in [0.5, 0.6) is 5.75 Å². The second kappa shape index (κ2) is 11.5. The van der Waals surface area contributed by atoms with Crippen LogP contribution in [0.1, 0.15) is 55.3 Å². The summed E-state index contributed by atoms with van der Waals surface area (Å²) in [6, 6.07) is 20.7. The van der Waals surface area contributed by atoms with E-state index in [-0.39, 0.29) is 18.0 Å². The molecule has 1 heterocycles. The van der Waals surface area contributed by atoms with Crippen LogP contribution >= 0.6 is 0 Å². The van der Waals surface area contributed by atoms with Crippen molar-refractivity contribution >= 4 is 11.9 Å². The molecule has 0 saturated heterocycles. The lowest BCUT2D eigenvalue weighted by Gasteiger charge is -2.30. The highest BCUT2D eigenvalue weighted by Crippen LogP contribution is 2.31. The van der Waals surface area contributed by atoms with Crippen molar-refractivity contribution in [2.75, 3.05) is 0 Å². The van der Waals surface area contributed by atoms with Gasteiger partial charge in [-0.05, 0) is 49.1 Å². The van der Waals surface area contributed by atoms with Gasteiger partial charge < -0.3 is 20.7 Å².